The van der Waals surface area contributed by atoms with Crippen LogP contribution in [0.1, 0.15) is 31.0 Å². The van der Waals surface area contributed by atoms with Crippen molar-refractivity contribution >= 4 is 29.1 Å². The molecule has 1 unspecified atom stereocenters. The van der Waals surface area contributed by atoms with Crippen LogP contribution in [-0.4, -0.2) is 22.8 Å². The minimum Gasteiger partial charge on any atom is -0.467 e. The van der Waals surface area contributed by atoms with E-state index in [9.17, 15) is 4.79 Å². The minimum atomic E-state index is -0.134. The van der Waals surface area contributed by atoms with Crippen molar-refractivity contribution in [1.29, 1.82) is 0 Å². The van der Waals surface area contributed by atoms with Crippen LogP contribution in [0.2, 0.25) is 10.0 Å². The molecule has 1 aromatic carbocycles. The van der Waals surface area contributed by atoms with Gasteiger partial charge in [0.05, 0.1) is 23.5 Å². The third-order valence-corrected chi connectivity index (χ3v) is 4.78. The summed E-state index contributed by atoms with van der Waals surface area (Å²) < 4.78 is 11.1. The molecule has 1 atom stereocenters. The number of nitrogens with zero attached hydrogens (tertiary/aromatic N) is 2. The number of aryl methyl sites for hydroxylation is 1. The first kappa shape index (κ1) is 18.5. The van der Waals surface area contributed by atoms with Gasteiger partial charge in [-0.05, 0) is 37.3 Å². The molecule has 26 heavy (non-hydrogen) atoms. The van der Waals surface area contributed by atoms with E-state index >= 15 is 0 Å². The Hall–Kier alpha value is -2.24. The van der Waals surface area contributed by atoms with Crippen molar-refractivity contribution < 1.29 is 13.6 Å². The largest absolute Gasteiger partial charge is 0.467 e. The summed E-state index contributed by atoms with van der Waals surface area (Å²) in [5, 5.41) is 1.04. The van der Waals surface area contributed by atoms with Gasteiger partial charge in [0.25, 0.3) is 0 Å². The zero-order valence-corrected chi connectivity index (χ0v) is 15.9. The van der Waals surface area contributed by atoms with E-state index < -0.39 is 0 Å². The molecule has 0 radical (unpaired) electrons. The topological polar surface area (TPSA) is 59.5 Å². The number of hydrogen-bond donors (Lipinski definition) is 0. The SMILES string of the molecule is CC(c1ccco1)N(C)C(=O)CCc1ncc(-c2ccc(Cl)cc2Cl)o1. The van der Waals surface area contributed by atoms with Gasteiger partial charge in [0.15, 0.2) is 11.7 Å². The van der Waals surface area contributed by atoms with Crippen LogP contribution in [0.4, 0.5) is 0 Å². The van der Waals surface area contributed by atoms with Gasteiger partial charge in [-0.2, -0.15) is 0 Å². The van der Waals surface area contributed by atoms with Crippen LogP contribution in [0.3, 0.4) is 0 Å². The highest BCUT2D eigenvalue weighted by Gasteiger charge is 2.20. The molecule has 0 aliphatic carbocycles. The van der Waals surface area contributed by atoms with E-state index in [1.54, 1.807) is 48.7 Å². The van der Waals surface area contributed by atoms with Gasteiger partial charge in [-0.1, -0.05) is 23.2 Å². The number of hydrogen-bond acceptors (Lipinski definition) is 4. The Balaban J connectivity index is 1.62. The number of rotatable bonds is 6. The predicted molar refractivity (Wildman–Crippen MR) is 100 cm³/mol. The molecule has 3 rings (SSSR count). The standard InChI is InChI=1S/C19H18Cl2N2O3/c1-12(16-4-3-9-25-16)23(2)19(24)8-7-18-22-11-17(26-18)14-6-5-13(20)10-15(14)21/h3-6,9-12H,7-8H2,1-2H3. The Morgan fingerprint density at radius 1 is 1.31 bits per heavy atom. The van der Waals surface area contributed by atoms with Crippen LogP contribution >= 0.6 is 23.2 Å². The number of halogens is 2. The molecule has 7 heteroatoms. The van der Waals surface area contributed by atoms with Gasteiger partial charge in [-0.3, -0.25) is 4.79 Å². The lowest BCUT2D eigenvalue weighted by molar-refractivity contribution is -0.132. The van der Waals surface area contributed by atoms with Crippen LogP contribution in [0.15, 0.2) is 51.6 Å². The molecule has 136 valence electrons. The van der Waals surface area contributed by atoms with Crippen molar-refractivity contribution in [3.8, 4) is 11.3 Å². The molecule has 0 N–H and O–H groups in total. The quantitative estimate of drug-likeness (QED) is 0.563. The molecule has 0 saturated heterocycles. The summed E-state index contributed by atoms with van der Waals surface area (Å²) in [6, 6.07) is 8.68. The van der Waals surface area contributed by atoms with Crippen LogP contribution in [0.25, 0.3) is 11.3 Å². The molecule has 0 spiro atoms. The number of aromatic nitrogens is 1. The Morgan fingerprint density at radius 3 is 2.81 bits per heavy atom. The summed E-state index contributed by atoms with van der Waals surface area (Å²) in [4.78, 5) is 18.3. The molecule has 0 aliphatic rings. The van der Waals surface area contributed by atoms with E-state index in [0.717, 1.165) is 5.76 Å². The van der Waals surface area contributed by atoms with Gasteiger partial charge in [0.1, 0.15) is 5.76 Å². The third kappa shape index (κ3) is 4.11. The van der Waals surface area contributed by atoms with Gasteiger partial charge < -0.3 is 13.7 Å². The van der Waals surface area contributed by atoms with Crippen molar-refractivity contribution in [3.05, 3.63) is 64.5 Å². The number of furan rings is 1. The second-order valence-corrected chi connectivity index (χ2v) is 6.78. The number of benzene rings is 1. The monoisotopic (exact) mass is 392 g/mol. The molecule has 0 fully saturated rings. The summed E-state index contributed by atoms with van der Waals surface area (Å²) in [6.45, 7) is 1.92. The molecule has 0 saturated carbocycles. The van der Waals surface area contributed by atoms with Crippen molar-refractivity contribution in [1.82, 2.24) is 9.88 Å². The van der Waals surface area contributed by atoms with E-state index in [4.69, 9.17) is 32.0 Å². The molecule has 2 aromatic heterocycles. The second kappa shape index (κ2) is 7.98. The second-order valence-electron chi connectivity index (χ2n) is 5.94. The van der Waals surface area contributed by atoms with Crippen molar-refractivity contribution in [2.75, 3.05) is 7.05 Å². The van der Waals surface area contributed by atoms with Crippen molar-refractivity contribution in [2.45, 2.75) is 25.8 Å². The molecule has 1 amide bonds. The number of oxazole rings is 1. The molecular formula is C19H18Cl2N2O3. The van der Waals surface area contributed by atoms with Gasteiger partial charge >= 0.3 is 0 Å². The molecule has 5 nitrogen and oxygen atoms in total. The Labute approximate surface area is 161 Å². The van der Waals surface area contributed by atoms with Gasteiger partial charge in [-0.25, -0.2) is 4.98 Å². The van der Waals surface area contributed by atoms with Crippen molar-refractivity contribution in [2.24, 2.45) is 0 Å². The minimum absolute atomic E-state index is 0.0156. The normalized spacial score (nSPS) is 12.2. The highest BCUT2D eigenvalue weighted by molar-refractivity contribution is 6.36. The molecule has 3 aromatic rings. The molecule has 2 heterocycles. The van der Waals surface area contributed by atoms with Crippen LogP contribution in [0, 0.1) is 0 Å². The lowest BCUT2D eigenvalue weighted by Gasteiger charge is -2.23. The highest BCUT2D eigenvalue weighted by atomic mass is 35.5. The fourth-order valence-electron chi connectivity index (χ4n) is 2.57. The van der Waals surface area contributed by atoms with Gasteiger partial charge in [0.2, 0.25) is 5.91 Å². The smallest absolute Gasteiger partial charge is 0.223 e. The predicted octanol–water partition coefficient (Wildman–Crippen LogP) is 5.39. The maximum absolute atomic E-state index is 12.4. The maximum atomic E-state index is 12.4. The van der Waals surface area contributed by atoms with E-state index in [-0.39, 0.29) is 18.4 Å². The number of carbonyl (C=O) groups excluding carboxylic acids is 1. The van der Waals surface area contributed by atoms with Crippen LogP contribution in [-0.2, 0) is 11.2 Å². The van der Waals surface area contributed by atoms with Crippen LogP contribution in [0.5, 0.6) is 0 Å². The van der Waals surface area contributed by atoms with Gasteiger partial charge in [0, 0.05) is 30.5 Å². The van der Waals surface area contributed by atoms with E-state index in [1.807, 2.05) is 13.0 Å². The lowest BCUT2D eigenvalue weighted by atomic mass is 10.2. The Bertz CT molecular complexity index is 890. The Kier molecular flexibility index (Phi) is 5.69. The van der Waals surface area contributed by atoms with E-state index in [0.29, 0.717) is 33.7 Å². The zero-order valence-electron chi connectivity index (χ0n) is 14.4. The maximum Gasteiger partial charge on any atom is 0.223 e. The summed E-state index contributed by atoms with van der Waals surface area (Å²) in [5.41, 5.74) is 0.713. The first-order chi connectivity index (χ1) is 12.5. The fraction of sp³-hybridized carbons (Fsp3) is 0.263. The summed E-state index contributed by atoms with van der Waals surface area (Å²) >= 11 is 12.1. The Morgan fingerprint density at radius 2 is 2.12 bits per heavy atom. The molecule has 0 bridgehead atoms. The first-order valence-corrected chi connectivity index (χ1v) is 8.90. The average molecular weight is 393 g/mol. The summed E-state index contributed by atoms with van der Waals surface area (Å²) in [5.74, 6) is 1.76. The molecular weight excluding hydrogens is 375 g/mol. The number of carbonyl (C=O) groups is 1. The average Bonchev–Trinajstić information content (AvgIpc) is 3.30. The lowest BCUT2D eigenvalue weighted by Crippen LogP contribution is -2.29. The van der Waals surface area contributed by atoms with Gasteiger partial charge in [-0.15, -0.1) is 0 Å². The fourth-order valence-corrected chi connectivity index (χ4v) is 3.07. The number of amides is 1. The summed E-state index contributed by atoms with van der Waals surface area (Å²) in [6.07, 6.45) is 3.89. The van der Waals surface area contributed by atoms with E-state index in [1.165, 1.54) is 0 Å². The summed E-state index contributed by atoms with van der Waals surface area (Å²) in [7, 11) is 1.75. The highest BCUT2D eigenvalue weighted by Crippen LogP contribution is 2.31. The zero-order chi connectivity index (χ0) is 18.7. The third-order valence-electron chi connectivity index (χ3n) is 4.23. The van der Waals surface area contributed by atoms with Crippen molar-refractivity contribution in [3.63, 3.8) is 0 Å². The van der Waals surface area contributed by atoms with E-state index in [2.05, 4.69) is 4.98 Å². The molecule has 0 aliphatic heterocycles. The first-order valence-electron chi connectivity index (χ1n) is 8.15. The van der Waals surface area contributed by atoms with Crippen LogP contribution < -0.4 is 0 Å².